The van der Waals surface area contributed by atoms with Crippen LogP contribution in [0.25, 0.3) is 11.0 Å². The lowest BCUT2D eigenvalue weighted by molar-refractivity contribution is -0.147. The number of nitrogens with zero attached hydrogens (tertiary/aromatic N) is 2. The number of carbonyl (C=O) groups is 2. The average Bonchev–Trinajstić information content (AvgIpc) is 3.11. The van der Waals surface area contributed by atoms with E-state index in [2.05, 4.69) is 19.9 Å². The van der Waals surface area contributed by atoms with Crippen LogP contribution < -0.4 is 4.90 Å². The molecule has 0 bridgehead atoms. The molecule has 0 unspecified atom stereocenters. The first-order valence-electron chi connectivity index (χ1n) is 9.79. The summed E-state index contributed by atoms with van der Waals surface area (Å²) in [5.41, 5.74) is 4.37. The summed E-state index contributed by atoms with van der Waals surface area (Å²) in [7, 11) is 0. The summed E-state index contributed by atoms with van der Waals surface area (Å²) in [6.45, 7) is 5.73. The summed E-state index contributed by atoms with van der Waals surface area (Å²) in [5.74, 6) is -0.626. The Labute approximate surface area is 175 Å². The minimum Gasteiger partial charge on any atom is -0.464 e. The van der Waals surface area contributed by atoms with E-state index in [-0.39, 0.29) is 13.0 Å². The Morgan fingerprint density at radius 2 is 1.93 bits per heavy atom. The third-order valence-corrected chi connectivity index (χ3v) is 4.95. The molecule has 0 fully saturated rings. The molecule has 30 heavy (non-hydrogen) atoms. The molecule has 1 heterocycles. The van der Waals surface area contributed by atoms with Gasteiger partial charge in [-0.25, -0.2) is 0 Å². The molecule has 1 aromatic heterocycles. The molecule has 0 aliphatic rings. The molecule has 1 amide bonds. The van der Waals surface area contributed by atoms with Crippen molar-refractivity contribution >= 4 is 28.5 Å². The van der Waals surface area contributed by atoms with Crippen LogP contribution in [0.3, 0.4) is 0 Å². The molecule has 0 spiro atoms. The van der Waals surface area contributed by atoms with Crippen molar-refractivity contribution in [2.24, 2.45) is 0 Å². The molecule has 0 saturated carbocycles. The number of fused-ring (bicyclic) bond motifs is 1. The number of carbonyl (C=O) groups excluding carboxylic acids is 2. The molecule has 0 aliphatic carbocycles. The number of benzene rings is 2. The summed E-state index contributed by atoms with van der Waals surface area (Å²) in [6.07, 6.45) is 1.56. The second kappa shape index (κ2) is 9.27. The predicted octanol–water partition coefficient (Wildman–Crippen LogP) is 4.51. The van der Waals surface area contributed by atoms with E-state index in [9.17, 15) is 9.59 Å². The van der Waals surface area contributed by atoms with E-state index in [4.69, 9.17) is 14.4 Å². The van der Waals surface area contributed by atoms with E-state index in [0.717, 1.165) is 22.1 Å². The van der Waals surface area contributed by atoms with Crippen LogP contribution in [0.2, 0.25) is 0 Å². The van der Waals surface area contributed by atoms with Gasteiger partial charge in [-0.3, -0.25) is 14.5 Å². The molecule has 0 saturated heterocycles. The maximum absolute atomic E-state index is 12.5. The standard InChI is InChI=1S/C24H24N2O4/c1-16(2)20-13-21-18(14-29-22(21)11-17(20)3)12-24(28)30-15-23(27)26(10-9-25)19-7-5-4-6-8-19/h4-8,11,13-14,16H,10,12,15H2,1-3H3. The minimum absolute atomic E-state index is 0.00443. The van der Waals surface area contributed by atoms with Gasteiger partial charge < -0.3 is 9.15 Å². The zero-order chi connectivity index (χ0) is 21.7. The smallest absolute Gasteiger partial charge is 0.310 e. The van der Waals surface area contributed by atoms with Gasteiger partial charge in [0.05, 0.1) is 18.8 Å². The van der Waals surface area contributed by atoms with Gasteiger partial charge in [-0.05, 0) is 48.2 Å². The Balaban J connectivity index is 1.68. The van der Waals surface area contributed by atoms with Crippen LogP contribution in [-0.4, -0.2) is 25.0 Å². The average molecular weight is 404 g/mol. The fourth-order valence-corrected chi connectivity index (χ4v) is 3.43. The number of amides is 1. The van der Waals surface area contributed by atoms with Gasteiger partial charge >= 0.3 is 5.97 Å². The van der Waals surface area contributed by atoms with E-state index < -0.39 is 18.5 Å². The normalized spacial score (nSPS) is 10.8. The van der Waals surface area contributed by atoms with Crippen LogP contribution in [0.15, 0.2) is 53.1 Å². The SMILES string of the molecule is Cc1cc2occ(CC(=O)OCC(=O)N(CC#N)c3ccccc3)c2cc1C(C)C. The third-order valence-electron chi connectivity index (χ3n) is 4.95. The topological polar surface area (TPSA) is 83.5 Å². The number of hydrogen-bond donors (Lipinski definition) is 0. The highest BCUT2D eigenvalue weighted by Gasteiger charge is 2.19. The molecule has 0 atom stereocenters. The molecule has 3 rings (SSSR count). The van der Waals surface area contributed by atoms with Crippen molar-refractivity contribution in [2.75, 3.05) is 18.1 Å². The van der Waals surface area contributed by atoms with Gasteiger partial charge in [-0.15, -0.1) is 0 Å². The molecule has 0 N–H and O–H groups in total. The molecule has 3 aromatic rings. The van der Waals surface area contributed by atoms with E-state index >= 15 is 0 Å². The number of hydrogen-bond acceptors (Lipinski definition) is 5. The number of esters is 1. The van der Waals surface area contributed by atoms with Crippen molar-refractivity contribution < 1.29 is 18.7 Å². The third kappa shape index (κ3) is 4.69. The Bertz CT molecular complexity index is 1090. The van der Waals surface area contributed by atoms with Crippen LogP contribution >= 0.6 is 0 Å². The first-order chi connectivity index (χ1) is 14.4. The molecular formula is C24H24N2O4. The Hall–Kier alpha value is -3.59. The zero-order valence-corrected chi connectivity index (χ0v) is 17.3. The largest absolute Gasteiger partial charge is 0.464 e. The summed E-state index contributed by atoms with van der Waals surface area (Å²) >= 11 is 0. The lowest BCUT2D eigenvalue weighted by Gasteiger charge is -2.19. The fraction of sp³-hybridized carbons (Fsp3) is 0.292. The van der Waals surface area contributed by atoms with Crippen molar-refractivity contribution in [1.82, 2.24) is 0 Å². The molecule has 6 heteroatoms. The summed E-state index contributed by atoms with van der Waals surface area (Å²) in [6, 6.07) is 14.8. The lowest BCUT2D eigenvalue weighted by Crippen LogP contribution is -2.35. The van der Waals surface area contributed by atoms with E-state index in [0.29, 0.717) is 11.6 Å². The zero-order valence-electron chi connectivity index (χ0n) is 17.3. The predicted molar refractivity (Wildman–Crippen MR) is 114 cm³/mol. The fourth-order valence-electron chi connectivity index (χ4n) is 3.43. The molecule has 0 radical (unpaired) electrons. The monoisotopic (exact) mass is 404 g/mol. The highest BCUT2D eigenvalue weighted by atomic mass is 16.5. The van der Waals surface area contributed by atoms with Crippen molar-refractivity contribution in [2.45, 2.75) is 33.1 Å². The Morgan fingerprint density at radius 3 is 2.60 bits per heavy atom. The van der Waals surface area contributed by atoms with Crippen molar-refractivity contribution in [3.05, 3.63) is 65.4 Å². The van der Waals surface area contributed by atoms with Crippen LogP contribution in [0.1, 0.15) is 36.5 Å². The van der Waals surface area contributed by atoms with Gasteiger partial charge in [0.2, 0.25) is 0 Å². The number of rotatable bonds is 7. The second-order valence-electron chi connectivity index (χ2n) is 7.43. The number of ether oxygens (including phenoxy) is 1. The number of anilines is 1. The molecule has 2 aromatic carbocycles. The van der Waals surface area contributed by atoms with Crippen molar-refractivity contribution in [3.63, 3.8) is 0 Å². The first-order valence-corrected chi connectivity index (χ1v) is 9.79. The van der Waals surface area contributed by atoms with E-state index in [1.54, 1.807) is 30.5 Å². The summed E-state index contributed by atoms with van der Waals surface area (Å²) in [5, 5.41) is 9.89. The van der Waals surface area contributed by atoms with Gasteiger partial charge in [0, 0.05) is 16.6 Å². The number of aryl methyl sites for hydroxylation is 1. The molecule has 154 valence electrons. The highest BCUT2D eigenvalue weighted by molar-refractivity contribution is 5.96. The lowest BCUT2D eigenvalue weighted by atomic mass is 9.95. The van der Waals surface area contributed by atoms with Crippen LogP contribution in [0, 0.1) is 18.3 Å². The van der Waals surface area contributed by atoms with Crippen molar-refractivity contribution in [1.29, 1.82) is 5.26 Å². The number of para-hydroxylation sites is 1. The van der Waals surface area contributed by atoms with Gasteiger partial charge in [0.15, 0.2) is 6.61 Å². The van der Waals surface area contributed by atoms with E-state index in [1.165, 1.54) is 10.5 Å². The Morgan fingerprint density at radius 1 is 1.20 bits per heavy atom. The Kier molecular flexibility index (Phi) is 6.53. The maximum Gasteiger partial charge on any atom is 0.310 e. The number of furan rings is 1. The van der Waals surface area contributed by atoms with E-state index in [1.807, 2.05) is 25.1 Å². The molecular weight excluding hydrogens is 380 g/mol. The van der Waals surface area contributed by atoms with Crippen LogP contribution in [0.5, 0.6) is 0 Å². The molecule has 6 nitrogen and oxygen atoms in total. The van der Waals surface area contributed by atoms with Crippen LogP contribution in [0.4, 0.5) is 5.69 Å². The number of nitriles is 1. The summed E-state index contributed by atoms with van der Waals surface area (Å²) in [4.78, 5) is 26.1. The summed E-state index contributed by atoms with van der Waals surface area (Å²) < 4.78 is 10.8. The van der Waals surface area contributed by atoms with Crippen molar-refractivity contribution in [3.8, 4) is 6.07 Å². The second-order valence-corrected chi connectivity index (χ2v) is 7.43. The first kappa shape index (κ1) is 21.1. The molecule has 0 aliphatic heterocycles. The minimum atomic E-state index is -0.525. The van der Waals surface area contributed by atoms with Gasteiger partial charge in [-0.1, -0.05) is 32.0 Å². The van der Waals surface area contributed by atoms with Gasteiger partial charge in [-0.2, -0.15) is 5.26 Å². The van der Waals surface area contributed by atoms with Gasteiger partial charge in [0.25, 0.3) is 5.91 Å². The van der Waals surface area contributed by atoms with Gasteiger partial charge in [0.1, 0.15) is 12.1 Å². The highest BCUT2D eigenvalue weighted by Crippen LogP contribution is 2.29. The van der Waals surface area contributed by atoms with Crippen LogP contribution in [-0.2, 0) is 20.7 Å². The quantitative estimate of drug-likeness (QED) is 0.427. The maximum atomic E-state index is 12.5.